The molecule has 0 unspecified atom stereocenters. The number of fused-ring (bicyclic) bond motifs is 1. The Bertz CT molecular complexity index is 813. The number of carbonyl (C=O) groups excluding carboxylic acids is 3. The molecule has 6 nitrogen and oxygen atoms in total. The third-order valence-electron chi connectivity index (χ3n) is 3.55. The van der Waals surface area contributed by atoms with E-state index in [4.69, 9.17) is 0 Å². The number of hydrogen-bond acceptors (Lipinski definition) is 5. The first-order chi connectivity index (χ1) is 11.0. The lowest BCUT2D eigenvalue weighted by Gasteiger charge is -2.12. The largest absolute Gasteiger partial charge is 0.302 e. The van der Waals surface area contributed by atoms with Crippen LogP contribution in [0.4, 0.5) is 5.13 Å². The second kappa shape index (κ2) is 5.92. The van der Waals surface area contributed by atoms with Gasteiger partial charge in [-0.2, -0.15) is 0 Å². The maximum atomic E-state index is 12.3. The lowest BCUT2D eigenvalue weighted by atomic mass is 10.1. The highest BCUT2D eigenvalue weighted by Crippen LogP contribution is 2.24. The van der Waals surface area contributed by atoms with Gasteiger partial charge in [0.05, 0.1) is 16.8 Å². The molecule has 3 rings (SSSR count). The molecule has 0 radical (unpaired) electrons. The fourth-order valence-corrected chi connectivity index (χ4v) is 3.12. The molecule has 1 N–H and O–H groups in total. The van der Waals surface area contributed by atoms with Crippen molar-refractivity contribution < 1.29 is 14.4 Å². The van der Waals surface area contributed by atoms with Crippen molar-refractivity contribution >= 4 is 34.2 Å². The minimum absolute atomic E-state index is 0.0447. The van der Waals surface area contributed by atoms with E-state index < -0.39 is 0 Å². The monoisotopic (exact) mass is 329 g/mol. The van der Waals surface area contributed by atoms with Crippen molar-refractivity contribution in [3.05, 3.63) is 46.0 Å². The summed E-state index contributed by atoms with van der Waals surface area (Å²) in [7, 11) is 0. The highest BCUT2D eigenvalue weighted by atomic mass is 32.1. The standard InChI is InChI=1S/C16H15N3O3S/c1-9-3-4-11-12(7-9)15(22)19(14(11)21)6-5-13(20)18-16-17-10(2)8-23-16/h3-4,7-8H,5-6H2,1-2H3,(H,17,18,20). The fourth-order valence-electron chi connectivity index (χ4n) is 2.41. The van der Waals surface area contributed by atoms with E-state index in [9.17, 15) is 14.4 Å². The van der Waals surface area contributed by atoms with E-state index in [-0.39, 0.29) is 30.7 Å². The number of amides is 3. The van der Waals surface area contributed by atoms with Crippen LogP contribution >= 0.6 is 11.3 Å². The number of aromatic nitrogens is 1. The Morgan fingerprint density at radius 3 is 2.65 bits per heavy atom. The predicted octanol–water partition coefficient (Wildman–Crippen LogP) is 2.38. The Labute approximate surface area is 137 Å². The summed E-state index contributed by atoms with van der Waals surface area (Å²) in [6.07, 6.45) is 0.0447. The van der Waals surface area contributed by atoms with Crippen LogP contribution in [-0.4, -0.2) is 34.2 Å². The number of benzene rings is 1. The molecule has 0 saturated heterocycles. The molecule has 1 aromatic carbocycles. The second-order valence-corrected chi connectivity index (χ2v) is 6.26. The molecule has 0 spiro atoms. The van der Waals surface area contributed by atoms with E-state index in [0.29, 0.717) is 16.3 Å². The predicted molar refractivity (Wildman–Crippen MR) is 86.6 cm³/mol. The topological polar surface area (TPSA) is 79.4 Å². The van der Waals surface area contributed by atoms with Crippen molar-refractivity contribution in [3.63, 3.8) is 0 Å². The van der Waals surface area contributed by atoms with Crippen LogP contribution in [0.3, 0.4) is 0 Å². The molecule has 0 atom stereocenters. The van der Waals surface area contributed by atoms with Crippen molar-refractivity contribution in [3.8, 4) is 0 Å². The average Bonchev–Trinajstić information content (AvgIpc) is 3.00. The van der Waals surface area contributed by atoms with Crippen LogP contribution < -0.4 is 5.32 Å². The number of hydrogen-bond donors (Lipinski definition) is 1. The van der Waals surface area contributed by atoms with Crippen molar-refractivity contribution in [2.24, 2.45) is 0 Å². The van der Waals surface area contributed by atoms with Crippen molar-refractivity contribution in [1.82, 2.24) is 9.88 Å². The number of thiazole rings is 1. The smallest absolute Gasteiger partial charge is 0.261 e. The summed E-state index contributed by atoms with van der Waals surface area (Å²) >= 11 is 1.34. The lowest BCUT2D eigenvalue weighted by Crippen LogP contribution is -2.32. The third-order valence-corrected chi connectivity index (χ3v) is 4.43. The summed E-state index contributed by atoms with van der Waals surface area (Å²) in [5.74, 6) is -0.957. The van der Waals surface area contributed by atoms with Gasteiger partial charge in [0.25, 0.3) is 11.8 Å². The molecule has 0 fully saturated rings. The first-order valence-corrected chi connectivity index (χ1v) is 8.02. The van der Waals surface area contributed by atoms with Gasteiger partial charge < -0.3 is 5.32 Å². The molecule has 2 heterocycles. The molecule has 1 aliphatic rings. The van der Waals surface area contributed by atoms with Gasteiger partial charge in [-0.3, -0.25) is 19.3 Å². The number of carbonyl (C=O) groups is 3. The Balaban J connectivity index is 1.64. The normalized spacial score (nSPS) is 13.4. The van der Waals surface area contributed by atoms with Crippen LogP contribution in [0.1, 0.15) is 38.4 Å². The zero-order valence-electron chi connectivity index (χ0n) is 12.8. The molecule has 1 aliphatic heterocycles. The quantitative estimate of drug-likeness (QED) is 0.874. The molecule has 0 saturated carbocycles. The Morgan fingerprint density at radius 1 is 1.22 bits per heavy atom. The average molecular weight is 329 g/mol. The number of rotatable bonds is 4. The first kappa shape index (κ1) is 15.4. The van der Waals surface area contributed by atoms with Gasteiger partial charge in [-0.15, -0.1) is 11.3 Å². The van der Waals surface area contributed by atoms with Gasteiger partial charge in [-0.1, -0.05) is 11.6 Å². The van der Waals surface area contributed by atoms with Crippen LogP contribution in [-0.2, 0) is 4.79 Å². The van der Waals surface area contributed by atoms with Gasteiger partial charge in [0.2, 0.25) is 5.91 Å². The Kier molecular flexibility index (Phi) is 3.96. The lowest BCUT2D eigenvalue weighted by molar-refractivity contribution is -0.116. The van der Waals surface area contributed by atoms with Gasteiger partial charge in [0, 0.05) is 18.3 Å². The van der Waals surface area contributed by atoms with E-state index in [1.54, 1.807) is 18.2 Å². The summed E-state index contributed by atoms with van der Waals surface area (Å²) in [5.41, 5.74) is 2.56. The maximum absolute atomic E-state index is 12.3. The molecular weight excluding hydrogens is 314 g/mol. The van der Waals surface area contributed by atoms with Gasteiger partial charge in [0.1, 0.15) is 0 Å². The third kappa shape index (κ3) is 3.00. The van der Waals surface area contributed by atoms with Crippen molar-refractivity contribution in [1.29, 1.82) is 0 Å². The highest BCUT2D eigenvalue weighted by molar-refractivity contribution is 7.13. The second-order valence-electron chi connectivity index (χ2n) is 5.40. The Morgan fingerprint density at radius 2 is 1.96 bits per heavy atom. The van der Waals surface area contributed by atoms with E-state index in [0.717, 1.165) is 16.2 Å². The number of aryl methyl sites for hydroxylation is 2. The molecule has 0 bridgehead atoms. The summed E-state index contributed by atoms with van der Waals surface area (Å²) < 4.78 is 0. The molecule has 0 aliphatic carbocycles. The van der Waals surface area contributed by atoms with Gasteiger partial charge in [-0.05, 0) is 26.0 Å². The molecule has 3 amide bonds. The summed E-state index contributed by atoms with van der Waals surface area (Å²) in [5, 5.41) is 5.02. The summed E-state index contributed by atoms with van der Waals surface area (Å²) in [6.45, 7) is 3.76. The molecular formula is C16H15N3O3S. The molecule has 118 valence electrons. The molecule has 2 aromatic rings. The van der Waals surface area contributed by atoms with Crippen molar-refractivity contribution in [2.75, 3.05) is 11.9 Å². The number of imide groups is 1. The minimum atomic E-state index is -0.345. The van der Waals surface area contributed by atoms with Gasteiger partial charge in [0.15, 0.2) is 5.13 Å². The highest BCUT2D eigenvalue weighted by Gasteiger charge is 2.35. The van der Waals surface area contributed by atoms with Crippen LogP contribution in [0.25, 0.3) is 0 Å². The van der Waals surface area contributed by atoms with Crippen LogP contribution in [0.5, 0.6) is 0 Å². The van der Waals surface area contributed by atoms with Crippen LogP contribution in [0, 0.1) is 13.8 Å². The van der Waals surface area contributed by atoms with Crippen molar-refractivity contribution in [2.45, 2.75) is 20.3 Å². The van der Waals surface area contributed by atoms with E-state index >= 15 is 0 Å². The fraction of sp³-hybridized carbons (Fsp3) is 0.250. The summed E-state index contributed by atoms with van der Waals surface area (Å²) in [6, 6.07) is 5.16. The minimum Gasteiger partial charge on any atom is -0.302 e. The number of anilines is 1. The SMILES string of the molecule is Cc1ccc2c(c1)C(=O)N(CCC(=O)Nc1nc(C)cs1)C2=O. The zero-order valence-corrected chi connectivity index (χ0v) is 13.6. The zero-order chi connectivity index (χ0) is 16.6. The maximum Gasteiger partial charge on any atom is 0.261 e. The van der Waals surface area contributed by atoms with E-state index in [1.165, 1.54) is 11.3 Å². The molecule has 7 heteroatoms. The molecule has 1 aromatic heterocycles. The van der Waals surface area contributed by atoms with Crippen LogP contribution in [0.2, 0.25) is 0 Å². The number of nitrogens with zero attached hydrogens (tertiary/aromatic N) is 2. The Hall–Kier alpha value is -2.54. The summed E-state index contributed by atoms with van der Waals surface area (Å²) in [4.78, 5) is 41.7. The first-order valence-electron chi connectivity index (χ1n) is 7.14. The van der Waals surface area contributed by atoms with Gasteiger partial charge in [-0.25, -0.2) is 4.98 Å². The van der Waals surface area contributed by atoms with E-state index in [2.05, 4.69) is 10.3 Å². The van der Waals surface area contributed by atoms with E-state index in [1.807, 2.05) is 19.2 Å². The van der Waals surface area contributed by atoms with Gasteiger partial charge >= 0.3 is 0 Å². The van der Waals surface area contributed by atoms with Crippen LogP contribution in [0.15, 0.2) is 23.6 Å². The molecule has 23 heavy (non-hydrogen) atoms. The number of nitrogens with one attached hydrogen (secondary N) is 1.